The van der Waals surface area contributed by atoms with Crippen LogP contribution in [-0.4, -0.2) is 139 Å². The fourth-order valence-corrected chi connectivity index (χ4v) is 7.94. The summed E-state index contributed by atoms with van der Waals surface area (Å²) in [4.78, 5) is 84.3. The Bertz CT molecular complexity index is 2440. The SMILES string of the molecule is CC(C)(C)OC(=O)N1CCN(c2ccc(NC(=O)NC[C@H]3CN(c4ccc(N5CCN(C(=O)OCc6ccccc6)N(C(=O)OCc6ccccc6)CC5)c(F)c4)C(=O)O3)cc2)CCN1C(=O)OC(C)(C)C. The van der Waals surface area contributed by atoms with Gasteiger partial charge in [-0.3, -0.25) is 4.90 Å². The van der Waals surface area contributed by atoms with Crippen LogP contribution >= 0.6 is 0 Å². The van der Waals surface area contributed by atoms with Crippen molar-refractivity contribution in [3.8, 4) is 0 Å². The average molecular weight is 996 g/mol. The third-order valence-corrected chi connectivity index (χ3v) is 11.4. The van der Waals surface area contributed by atoms with Gasteiger partial charge in [-0.05, 0) is 95.1 Å². The van der Waals surface area contributed by atoms with Crippen molar-refractivity contribution >= 4 is 59.2 Å². The minimum absolute atomic E-state index is 0.0244. The lowest BCUT2D eigenvalue weighted by Crippen LogP contribution is -2.53. The zero-order valence-electron chi connectivity index (χ0n) is 41.4. The van der Waals surface area contributed by atoms with Crippen LogP contribution in [0.1, 0.15) is 52.7 Å². The number of benzene rings is 4. The van der Waals surface area contributed by atoms with Crippen LogP contribution < -0.4 is 25.3 Å². The predicted molar refractivity (Wildman–Crippen MR) is 264 cm³/mol. The smallest absolute Gasteiger partial charge is 0.429 e. The summed E-state index contributed by atoms with van der Waals surface area (Å²) in [5.74, 6) is -0.646. The maximum atomic E-state index is 16.0. The van der Waals surface area contributed by atoms with E-state index in [1.54, 1.807) is 64.6 Å². The number of carbonyl (C=O) groups is 6. The molecule has 0 unspecified atom stereocenters. The number of hydrogen-bond acceptors (Lipinski definition) is 13. The molecule has 0 aliphatic carbocycles. The summed E-state index contributed by atoms with van der Waals surface area (Å²) in [5.41, 5.74) is 1.65. The Hall–Kier alpha value is -7.97. The third-order valence-electron chi connectivity index (χ3n) is 11.4. The molecule has 4 aromatic rings. The molecule has 21 heteroatoms. The first-order valence-electron chi connectivity index (χ1n) is 23.7. The highest BCUT2D eigenvalue weighted by Gasteiger charge is 2.37. The molecule has 0 saturated carbocycles. The van der Waals surface area contributed by atoms with Crippen molar-refractivity contribution in [2.24, 2.45) is 0 Å². The van der Waals surface area contributed by atoms with Crippen LogP contribution in [0.4, 0.5) is 55.9 Å². The van der Waals surface area contributed by atoms with Gasteiger partial charge in [0.25, 0.3) is 0 Å². The number of rotatable bonds is 10. The summed E-state index contributed by atoms with van der Waals surface area (Å²) in [6.07, 6.45) is -4.34. The monoisotopic (exact) mass is 995 g/mol. The summed E-state index contributed by atoms with van der Waals surface area (Å²) in [7, 11) is 0. The molecule has 0 bridgehead atoms. The normalized spacial score (nSPS) is 16.6. The Morgan fingerprint density at radius 2 is 1.06 bits per heavy atom. The lowest BCUT2D eigenvalue weighted by Gasteiger charge is -2.35. The number of hydrazine groups is 2. The van der Waals surface area contributed by atoms with Gasteiger partial charge in [0.05, 0.1) is 50.6 Å². The quantitative estimate of drug-likeness (QED) is 0.145. The first-order chi connectivity index (χ1) is 34.3. The van der Waals surface area contributed by atoms with Gasteiger partial charge in [-0.25, -0.2) is 53.2 Å². The largest absolute Gasteiger partial charge is 0.443 e. The molecule has 4 aromatic carbocycles. The number of halogens is 1. The molecule has 0 spiro atoms. The number of anilines is 4. The average Bonchev–Trinajstić information content (AvgIpc) is 3.46. The Morgan fingerprint density at radius 1 is 0.597 bits per heavy atom. The molecule has 2 N–H and O–H groups in total. The molecule has 3 saturated heterocycles. The lowest BCUT2D eigenvalue weighted by atomic mass is 10.2. The molecular weight excluding hydrogens is 934 g/mol. The second kappa shape index (κ2) is 22.8. The summed E-state index contributed by atoms with van der Waals surface area (Å²) < 4.78 is 43.9. The van der Waals surface area contributed by atoms with Crippen molar-refractivity contribution < 1.29 is 56.8 Å². The summed E-state index contributed by atoms with van der Waals surface area (Å²) in [6, 6.07) is 29.0. The highest BCUT2D eigenvalue weighted by atomic mass is 19.1. The van der Waals surface area contributed by atoms with Gasteiger partial charge in [0.15, 0.2) is 0 Å². The van der Waals surface area contributed by atoms with Crippen molar-refractivity contribution in [1.29, 1.82) is 0 Å². The zero-order valence-corrected chi connectivity index (χ0v) is 41.4. The van der Waals surface area contributed by atoms with Crippen LogP contribution in [0.5, 0.6) is 0 Å². The van der Waals surface area contributed by atoms with Gasteiger partial charge in [0.1, 0.15) is 36.3 Å². The first-order valence-corrected chi connectivity index (χ1v) is 23.7. The molecule has 7 amide bonds. The molecule has 7 rings (SSSR count). The van der Waals surface area contributed by atoms with Crippen LogP contribution in [0.25, 0.3) is 0 Å². The van der Waals surface area contributed by atoms with Gasteiger partial charge in [0, 0.05) is 37.6 Å². The minimum atomic E-state index is -0.783. The van der Waals surface area contributed by atoms with E-state index in [-0.39, 0.29) is 76.9 Å². The standard InChI is InChI=1S/C51H62FN9O11/c1-50(2,3)71-48(66)60-27-23-55(24-28-61(60)49(67)72-51(4,5)6)39-19-17-38(18-20-39)54-44(62)53-32-41-33-57(45(63)70-41)40-21-22-43(42(52)31-40)56-25-29-58(46(64)68-34-36-13-9-7-10-14-36)59(30-26-56)47(65)69-35-37-15-11-8-12-16-37/h7-22,31,41H,23-30,32-35H2,1-6H3,(H2,53,54,62)/t41-/m0/s1. The van der Waals surface area contributed by atoms with E-state index in [4.69, 9.17) is 23.7 Å². The van der Waals surface area contributed by atoms with Crippen molar-refractivity contribution in [3.05, 3.63) is 120 Å². The number of carbonyl (C=O) groups excluding carboxylic acids is 6. The number of cyclic esters (lactones) is 1. The van der Waals surface area contributed by atoms with Crippen LogP contribution in [0.2, 0.25) is 0 Å². The van der Waals surface area contributed by atoms with Gasteiger partial charge >= 0.3 is 36.5 Å². The number of nitrogens with one attached hydrogen (secondary N) is 2. The van der Waals surface area contributed by atoms with Gasteiger partial charge in [0.2, 0.25) is 0 Å². The number of hydrogen-bond donors (Lipinski definition) is 2. The van der Waals surface area contributed by atoms with E-state index < -0.39 is 59.6 Å². The molecule has 3 heterocycles. The number of amides is 7. The van der Waals surface area contributed by atoms with Crippen molar-refractivity contribution in [2.45, 2.75) is 72.1 Å². The van der Waals surface area contributed by atoms with Crippen LogP contribution in [0.3, 0.4) is 0 Å². The molecule has 0 aromatic heterocycles. The second-order valence-electron chi connectivity index (χ2n) is 19.1. The molecule has 0 radical (unpaired) electrons. The fraction of sp³-hybridized carbons (Fsp3) is 0.412. The van der Waals surface area contributed by atoms with Gasteiger partial charge in [-0.2, -0.15) is 0 Å². The summed E-state index contributed by atoms with van der Waals surface area (Å²) in [6.45, 7) is 11.7. The van der Waals surface area contributed by atoms with E-state index in [0.29, 0.717) is 18.8 Å². The van der Waals surface area contributed by atoms with Gasteiger partial charge in [-0.1, -0.05) is 60.7 Å². The van der Waals surface area contributed by atoms with Crippen molar-refractivity contribution in [1.82, 2.24) is 25.4 Å². The van der Waals surface area contributed by atoms with Crippen molar-refractivity contribution in [3.63, 3.8) is 0 Å². The zero-order chi connectivity index (χ0) is 51.6. The lowest BCUT2D eigenvalue weighted by molar-refractivity contribution is -0.0572. The number of urea groups is 1. The maximum absolute atomic E-state index is 16.0. The number of ether oxygens (including phenoxy) is 5. The fourth-order valence-electron chi connectivity index (χ4n) is 7.94. The summed E-state index contributed by atoms with van der Waals surface area (Å²) in [5, 5.41) is 10.4. The maximum Gasteiger partial charge on any atom is 0.429 e. The van der Waals surface area contributed by atoms with E-state index in [9.17, 15) is 28.8 Å². The Kier molecular flexibility index (Phi) is 16.5. The molecule has 3 fully saturated rings. The van der Waals surface area contributed by atoms with E-state index >= 15 is 4.39 Å². The number of nitrogens with zero attached hydrogens (tertiary/aromatic N) is 7. The Balaban J connectivity index is 0.914. The van der Waals surface area contributed by atoms with Crippen LogP contribution in [0.15, 0.2) is 103 Å². The topological polar surface area (TPSA) is 195 Å². The molecule has 384 valence electrons. The third kappa shape index (κ3) is 14.1. The van der Waals surface area contributed by atoms with E-state index in [1.807, 2.05) is 77.7 Å². The molecule has 3 aliphatic heterocycles. The molecule has 1 atom stereocenters. The highest BCUT2D eigenvalue weighted by molar-refractivity contribution is 5.91. The highest BCUT2D eigenvalue weighted by Crippen LogP contribution is 2.30. The van der Waals surface area contributed by atoms with Gasteiger partial charge in [-0.15, -0.1) is 0 Å². The van der Waals surface area contributed by atoms with Crippen LogP contribution in [0, 0.1) is 5.82 Å². The first kappa shape index (κ1) is 51.9. The molecule has 72 heavy (non-hydrogen) atoms. The summed E-state index contributed by atoms with van der Waals surface area (Å²) >= 11 is 0. The molecule has 20 nitrogen and oxygen atoms in total. The van der Waals surface area contributed by atoms with Crippen molar-refractivity contribution in [2.75, 3.05) is 85.5 Å². The van der Waals surface area contributed by atoms with E-state index in [2.05, 4.69) is 10.6 Å². The Morgan fingerprint density at radius 3 is 1.53 bits per heavy atom. The molecule has 3 aliphatic rings. The minimum Gasteiger partial charge on any atom is -0.443 e. The molecular formula is C51H62FN9O11. The van der Waals surface area contributed by atoms with Gasteiger partial charge < -0.3 is 44.1 Å². The van der Waals surface area contributed by atoms with E-state index in [0.717, 1.165) is 16.8 Å². The van der Waals surface area contributed by atoms with Crippen LogP contribution in [-0.2, 0) is 36.9 Å². The second-order valence-corrected chi connectivity index (χ2v) is 19.1. The predicted octanol–water partition coefficient (Wildman–Crippen LogP) is 8.19. The Labute approximate surface area is 417 Å². The van der Waals surface area contributed by atoms with E-state index in [1.165, 1.54) is 37.1 Å².